The van der Waals surface area contributed by atoms with Crippen LogP contribution in [0.3, 0.4) is 0 Å². The van der Waals surface area contributed by atoms with E-state index in [-0.39, 0.29) is 6.04 Å². The topological polar surface area (TPSA) is 31.2 Å². The van der Waals surface area contributed by atoms with E-state index in [1.54, 1.807) is 0 Å². The van der Waals surface area contributed by atoms with Crippen LogP contribution in [0.5, 0.6) is 0 Å². The molecule has 6 heavy (non-hydrogen) atoms. The highest BCUT2D eigenvalue weighted by Crippen LogP contribution is 1.66. The highest BCUT2D eigenvalue weighted by atomic mass is 16.1. The molecular weight excluding hydrogens is 78.0 g/mol. The van der Waals surface area contributed by atoms with Crippen molar-refractivity contribution < 1.29 is 4.79 Å². The van der Waals surface area contributed by atoms with E-state index < -0.39 is 0 Å². The molecule has 2 nitrogen and oxygen atoms in total. The first-order valence-corrected chi connectivity index (χ1v) is 1.84. The van der Waals surface area contributed by atoms with Crippen LogP contribution in [0, 0.1) is 0 Å². The predicted molar refractivity (Wildman–Crippen MR) is 23.0 cm³/mol. The van der Waals surface area contributed by atoms with Crippen LogP contribution in [-0.4, -0.2) is 12.1 Å². The Morgan fingerprint density at radius 2 is 2.17 bits per heavy atom. The molecule has 0 saturated carbocycles. The third kappa shape index (κ3) is 3.38. The summed E-state index contributed by atoms with van der Waals surface area (Å²) < 4.78 is 0. The van der Waals surface area contributed by atoms with Gasteiger partial charge in [0.25, 0.3) is 0 Å². The Kier molecular flexibility index (Phi) is 2.34. The van der Waals surface area contributed by atoms with E-state index in [0.717, 1.165) is 0 Å². The van der Waals surface area contributed by atoms with Gasteiger partial charge in [0.05, 0.1) is 0 Å². The summed E-state index contributed by atoms with van der Waals surface area (Å²) in [7, 11) is 0. The molecule has 1 radical (unpaired) electrons. The maximum Gasteiger partial charge on any atom is 0.496 e. The van der Waals surface area contributed by atoms with E-state index >= 15 is 0 Å². The van der Waals surface area contributed by atoms with Crippen molar-refractivity contribution in [3.63, 3.8) is 0 Å². The second kappa shape index (κ2) is 2.61. The van der Waals surface area contributed by atoms with Gasteiger partial charge in [0.2, 0.25) is 6.04 Å². The molecule has 0 aromatic rings. The molecule has 0 aliphatic rings. The van der Waals surface area contributed by atoms with Crippen molar-refractivity contribution in [2.45, 2.75) is 19.9 Å². The van der Waals surface area contributed by atoms with Crippen molar-refractivity contribution in [2.24, 2.45) is 0 Å². The normalized spacial score (nSPS) is 7.83. The van der Waals surface area contributed by atoms with Crippen LogP contribution >= 0.6 is 0 Å². The Morgan fingerprint density at radius 3 is 2.17 bits per heavy atom. The Labute approximate surface area is 36.9 Å². The first-order valence-electron chi connectivity index (χ1n) is 1.84. The van der Waals surface area contributed by atoms with Crippen LogP contribution in [0.2, 0.25) is 0 Å². The lowest BCUT2D eigenvalue weighted by molar-refractivity contribution is 0.554. The smallest absolute Gasteiger partial charge is 0.154 e. The Bertz CT molecular complexity index is 71.6. The van der Waals surface area contributed by atoms with Crippen molar-refractivity contribution in [1.82, 2.24) is 4.99 Å². The summed E-state index contributed by atoms with van der Waals surface area (Å²) in [4.78, 5) is 12.6. The van der Waals surface area contributed by atoms with Gasteiger partial charge in [-0.2, -0.15) is 4.79 Å². The van der Waals surface area contributed by atoms with Gasteiger partial charge in [0.15, 0.2) is 0 Å². The summed E-state index contributed by atoms with van der Waals surface area (Å²) in [5.74, 6) is 0. The fourth-order valence-electron chi connectivity index (χ4n) is 0.105. The van der Waals surface area contributed by atoms with Gasteiger partial charge in [-0.05, 0) is 0 Å². The van der Waals surface area contributed by atoms with Crippen LogP contribution in [0.25, 0.3) is 0 Å². The molecule has 0 bridgehead atoms. The fourth-order valence-corrected chi connectivity index (χ4v) is 0.105. The van der Waals surface area contributed by atoms with Crippen LogP contribution in [0.15, 0.2) is 0 Å². The lowest BCUT2D eigenvalue weighted by atomic mass is 10.4. The Balaban J connectivity index is 3.29. The van der Waals surface area contributed by atoms with Gasteiger partial charge in [0, 0.05) is 13.8 Å². The quantitative estimate of drug-likeness (QED) is 0.327. The minimum atomic E-state index is 0.0995. The van der Waals surface area contributed by atoms with Crippen molar-refractivity contribution in [3.05, 3.63) is 0 Å². The zero-order chi connectivity index (χ0) is 4.99. The van der Waals surface area contributed by atoms with Crippen LogP contribution in [-0.2, 0) is 4.79 Å². The van der Waals surface area contributed by atoms with E-state index in [4.69, 9.17) is 0 Å². The average Bonchev–Trinajstić information content (AvgIpc) is 1.35. The zero-order valence-corrected chi connectivity index (χ0v) is 3.93. The van der Waals surface area contributed by atoms with E-state index in [9.17, 15) is 4.79 Å². The van der Waals surface area contributed by atoms with Crippen molar-refractivity contribution in [1.29, 1.82) is 0 Å². The third-order valence-corrected chi connectivity index (χ3v) is 0.311. The molecule has 0 rings (SSSR count). The summed E-state index contributed by atoms with van der Waals surface area (Å²) in [6.45, 7) is 3.65. The maximum atomic E-state index is 9.32. The first-order chi connectivity index (χ1) is 2.77. The lowest BCUT2D eigenvalue weighted by Gasteiger charge is -1.65. The molecule has 0 atom stereocenters. The summed E-state index contributed by atoms with van der Waals surface area (Å²) in [5.41, 5.74) is 0. The van der Waals surface area contributed by atoms with Crippen molar-refractivity contribution >= 4 is 6.08 Å². The fraction of sp³-hybridized carbons (Fsp3) is 0.750. The first kappa shape index (κ1) is 5.38. The van der Waals surface area contributed by atoms with Crippen LogP contribution in [0.4, 0.5) is 0 Å². The minimum Gasteiger partial charge on any atom is -0.154 e. The molecule has 0 heterocycles. The van der Waals surface area contributed by atoms with Crippen LogP contribution in [0.1, 0.15) is 13.8 Å². The van der Waals surface area contributed by atoms with E-state index in [1.807, 2.05) is 13.8 Å². The molecule has 0 unspecified atom stereocenters. The number of isocyanates is 1. The molecule has 33 valence electrons. The van der Waals surface area contributed by atoms with Gasteiger partial charge in [-0.1, -0.05) is 0 Å². The molecule has 2 heteroatoms. The molecule has 0 saturated heterocycles. The molecule has 0 N–H and O–H groups in total. The minimum absolute atomic E-state index is 0.0995. The van der Waals surface area contributed by atoms with E-state index in [1.165, 1.54) is 6.08 Å². The molecule has 0 spiro atoms. The Hall–Kier alpha value is -0.620. The highest BCUT2D eigenvalue weighted by Gasteiger charge is 1.96. The molecule has 0 aliphatic carbocycles. The number of aliphatic imine (C=N–C) groups is 1. The monoisotopic (exact) mass is 85.1 g/mol. The van der Waals surface area contributed by atoms with Crippen molar-refractivity contribution in [3.8, 4) is 0 Å². The van der Waals surface area contributed by atoms with Gasteiger partial charge in [0.1, 0.15) is 4.99 Å². The number of hydrogen-bond acceptors (Lipinski definition) is 2. The largest absolute Gasteiger partial charge is 0.496 e. The van der Waals surface area contributed by atoms with Crippen LogP contribution < -0.4 is 4.99 Å². The predicted octanol–water partition coefficient (Wildman–Crippen LogP) is 0.0664. The molecule has 0 aromatic carbocycles. The second-order valence-electron chi connectivity index (χ2n) is 1.31. The lowest BCUT2D eigenvalue weighted by Crippen LogP contribution is -1.99. The van der Waals surface area contributed by atoms with Crippen molar-refractivity contribution in [2.75, 3.05) is 0 Å². The molecular formula is C4H7NO+. The van der Waals surface area contributed by atoms with E-state index in [2.05, 4.69) is 4.99 Å². The van der Waals surface area contributed by atoms with Gasteiger partial charge in [-0.3, -0.25) is 0 Å². The Morgan fingerprint density at radius 1 is 1.67 bits per heavy atom. The highest BCUT2D eigenvalue weighted by molar-refractivity contribution is 5.31. The molecule has 0 fully saturated rings. The van der Waals surface area contributed by atoms with Gasteiger partial charge in [-0.25, -0.2) is 0 Å². The number of rotatable bonds is 1. The zero-order valence-electron chi connectivity index (χ0n) is 3.93. The standard InChI is InChI=1S/C4H7NO/c1-4(2)5-3-6/h4H,1-2H3/q+1. The molecule has 0 aromatic heterocycles. The number of nitrogens with zero attached hydrogens (tertiary/aromatic N) is 1. The SMILES string of the molecule is CC(C)[N+]=C=O. The van der Waals surface area contributed by atoms with E-state index in [0.29, 0.717) is 0 Å². The van der Waals surface area contributed by atoms with Gasteiger partial charge < -0.3 is 0 Å². The number of hydrogen-bond donors (Lipinski definition) is 0. The average molecular weight is 85.1 g/mol. The maximum absolute atomic E-state index is 9.32. The number of carbonyl (C=O) groups excluding carboxylic acids is 1. The molecule has 0 amide bonds. The summed E-state index contributed by atoms with van der Waals surface area (Å²) in [6.07, 6.45) is 1.44. The second-order valence-corrected chi connectivity index (χ2v) is 1.31. The van der Waals surface area contributed by atoms with Gasteiger partial charge >= 0.3 is 6.08 Å². The molecule has 0 aliphatic heterocycles. The summed E-state index contributed by atoms with van der Waals surface area (Å²) in [6, 6.07) is 0.0995. The summed E-state index contributed by atoms with van der Waals surface area (Å²) >= 11 is 0. The third-order valence-electron chi connectivity index (χ3n) is 0.311. The summed E-state index contributed by atoms with van der Waals surface area (Å²) in [5, 5.41) is 0. The van der Waals surface area contributed by atoms with Gasteiger partial charge in [-0.15, -0.1) is 0 Å².